The minimum atomic E-state index is -0.622. The van der Waals surface area contributed by atoms with Gasteiger partial charge >= 0.3 is 0 Å². The highest BCUT2D eigenvalue weighted by Gasteiger charge is 2.36. The smallest absolute Gasteiger partial charge is 0.238 e. The minimum Gasteiger partial charge on any atom is -0.494 e. The zero-order chi connectivity index (χ0) is 26.2. The first-order chi connectivity index (χ1) is 18.0. The van der Waals surface area contributed by atoms with E-state index in [-0.39, 0.29) is 24.8 Å². The fraction of sp³-hybridized carbons (Fsp3) is 0.250. The van der Waals surface area contributed by atoms with E-state index in [4.69, 9.17) is 19.2 Å². The molecule has 2 amide bonds. The Hall–Kier alpha value is -3.98. The number of nitrogens with zero attached hydrogens (tertiary/aromatic N) is 2. The van der Waals surface area contributed by atoms with Gasteiger partial charge in [0.1, 0.15) is 11.0 Å². The molecule has 192 valence electrons. The van der Waals surface area contributed by atoms with Crippen molar-refractivity contribution in [3.05, 3.63) is 78.4 Å². The van der Waals surface area contributed by atoms with Crippen LogP contribution in [0.25, 0.3) is 0 Å². The Morgan fingerprint density at radius 2 is 1.76 bits per heavy atom. The molecule has 37 heavy (non-hydrogen) atoms. The third-order valence-electron chi connectivity index (χ3n) is 5.63. The number of nitrogens with one attached hydrogen (secondary N) is 1. The van der Waals surface area contributed by atoms with Gasteiger partial charge < -0.3 is 19.5 Å². The van der Waals surface area contributed by atoms with Crippen molar-refractivity contribution in [1.82, 2.24) is 4.90 Å². The van der Waals surface area contributed by atoms with Crippen molar-refractivity contribution in [3.63, 3.8) is 0 Å². The van der Waals surface area contributed by atoms with Crippen LogP contribution in [0.15, 0.2) is 77.8 Å². The number of carbonyl (C=O) groups is 2. The number of amidine groups is 1. The van der Waals surface area contributed by atoms with Gasteiger partial charge in [0.05, 0.1) is 33.1 Å². The molecule has 9 heteroatoms. The molecule has 0 spiro atoms. The Balaban J connectivity index is 1.56. The number of methoxy groups -OCH3 is 2. The van der Waals surface area contributed by atoms with Gasteiger partial charge in [0, 0.05) is 12.1 Å². The predicted molar refractivity (Wildman–Crippen MR) is 146 cm³/mol. The SMILES string of the molecule is CCOc1ccc(NC(=O)C2CC(=O)N(Cc3ccc(OC)c(OC)c3)C(=Nc3ccccc3)S2)cc1. The van der Waals surface area contributed by atoms with E-state index in [9.17, 15) is 9.59 Å². The molecule has 0 radical (unpaired) electrons. The molecule has 1 saturated heterocycles. The summed E-state index contributed by atoms with van der Waals surface area (Å²) in [5, 5.41) is 2.75. The van der Waals surface area contributed by atoms with E-state index >= 15 is 0 Å². The molecule has 0 bridgehead atoms. The fourth-order valence-corrected chi connectivity index (χ4v) is 4.89. The lowest BCUT2D eigenvalue weighted by molar-refractivity contribution is -0.129. The van der Waals surface area contributed by atoms with Crippen LogP contribution in [-0.4, -0.2) is 48.0 Å². The summed E-state index contributed by atoms with van der Waals surface area (Å²) in [4.78, 5) is 32.8. The van der Waals surface area contributed by atoms with Crippen molar-refractivity contribution in [2.75, 3.05) is 26.1 Å². The second-order valence-corrected chi connectivity index (χ2v) is 9.33. The highest BCUT2D eigenvalue weighted by molar-refractivity contribution is 8.15. The molecule has 0 saturated carbocycles. The van der Waals surface area contributed by atoms with E-state index in [1.54, 1.807) is 49.5 Å². The van der Waals surface area contributed by atoms with Crippen LogP contribution >= 0.6 is 11.8 Å². The van der Waals surface area contributed by atoms with Gasteiger partial charge in [-0.05, 0) is 61.0 Å². The first-order valence-electron chi connectivity index (χ1n) is 11.9. The Morgan fingerprint density at radius 1 is 1.03 bits per heavy atom. The molecule has 1 aliphatic rings. The highest BCUT2D eigenvalue weighted by atomic mass is 32.2. The van der Waals surface area contributed by atoms with Gasteiger partial charge in [0.15, 0.2) is 16.7 Å². The van der Waals surface area contributed by atoms with E-state index in [1.807, 2.05) is 49.4 Å². The summed E-state index contributed by atoms with van der Waals surface area (Å²) in [6.45, 7) is 2.76. The molecule has 0 aliphatic carbocycles. The third-order valence-corrected chi connectivity index (χ3v) is 6.82. The maximum absolute atomic E-state index is 13.3. The Bertz CT molecular complexity index is 1260. The monoisotopic (exact) mass is 519 g/mol. The second-order valence-electron chi connectivity index (χ2n) is 8.16. The van der Waals surface area contributed by atoms with Crippen molar-refractivity contribution >= 4 is 40.1 Å². The zero-order valence-electron chi connectivity index (χ0n) is 21.0. The number of para-hydroxylation sites is 1. The number of amides is 2. The molecule has 0 aromatic heterocycles. The molecular weight excluding hydrogens is 490 g/mol. The van der Waals surface area contributed by atoms with Gasteiger partial charge in [0.2, 0.25) is 11.8 Å². The molecule has 3 aromatic carbocycles. The normalized spacial score (nSPS) is 16.4. The van der Waals surface area contributed by atoms with E-state index in [2.05, 4.69) is 5.32 Å². The maximum atomic E-state index is 13.3. The molecule has 1 atom stereocenters. The van der Waals surface area contributed by atoms with Crippen LogP contribution in [0, 0.1) is 0 Å². The summed E-state index contributed by atoms with van der Waals surface area (Å²) in [6.07, 6.45) is 0.0502. The van der Waals surface area contributed by atoms with Crippen LogP contribution in [-0.2, 0) is 16.1 Å². The van der Waals surface area contributed by atoms with Crippen LogP contribution in [0.1, 0.15) is 18.9 Å². The van der Waals surface area contributed by atoms with Gasteiger partial charge in [-0.15, -0.1) is 0 Å². The second kappa shape index (κ2) is 12.3. The molecule has 1 unspecified atom stereocenters. The van der Waals surface area contributed by atoms with Crippen LogP contribution < -0.4 is 19.5 Å². The van der Waals surface area contributed by atoms with Crippen molar-refractivity contribution in [1.29, 1.82) is 0 Å². The molecule has 4 rings (SSSR count). The van der Waals surface area contributed by atoms with E-state index in [0.717, 1.165) is 11.3 Å². The van der Waals surface area contributed by atoms with Gasteiger partial charge in [-0.3, -0.25) is 14.5 Å². The summed E-state index contributed by atoms with van der Waals surface area (Å²) in [7, 11) is 3.14. The molecular formula is C28H29N3O5S. The Kier molecular flexibility index (Phi) is 8.68. The molecule has 1 fully saturated rings. The predicted octanol–water partition coefficient (Wildman–Crippen LogP) is 5.26. The number of thioether (sulfide) groups is 1. The van der Waals surface area contributed by atoms with Crippen LogP contribution in [0.2, 0.25) is 0 Å². The number of hydrogen-bond donors (Lipinski definition) is 1. The van der Waals surface area contributed by atoms with E-state index < -0.39 is 5.25 Å². The number of anilines is 1. The number of hydrogen-bond acceptors (Lipinski definition) is 7. The van der Waals surface area contributed by atoms with Crippen LogP contribution in [0.4, 0.5) is 11.4 Å². The van der Waals surface area contributed by atoms with E-state index in [1.165, 1.54) is 11.8 Å². The van der Waals surface area contributed by atoms with Crippen LogP contribution in [0.3, 0.4) is 0 Å². The van der Waals surface area contributed by atoms with Gasteiger partial charge in [-0.2, -0.15) is 0 Å². The highest BCUT2D eigenvalue weighted by Crippen LogP contribution is 2.33. The molecule has 1 heterocycles. The lowest BCUT2D eigenvalue weighted by Crippen LogP contribution is -2.44. The summed E-state index contributed by atoms with van der Waals surface area (Å²) in [5.74, 6) is 1.47. The van der Waals surface area contributed by atoms with Crippen molar-refractivity contribution in [2.45, 2.75) is 25.1 Å². The number of aliphatic imine (C=N–C) groups is 1. The summed E-state index contributed by atoms with van der Waals surface area (Å²) in [5.41, 5.74) is 2.18. The van der Waals surface area contributed by atoms with Gasteiger partial charge in [0.25, 0.3) is 0 Å². The summed E-state index contributed by atoms with van der Waals surface area (Å²) in [6, 6.07) is 22.0. The number of ether oxygens (including phenoxy) is 3. The van der Waals surface area contributed by atoms with Gasteiger partial charge in [-0.25, -0.2) is 4.99 Å². The zero-order valence-corrected chi connectivity index (χ0v) is 21.8. The first-order valence-corrected chi connectivity index (χ1v) is 12.7. The minimum absolute atomic E-state index is 0.0502. The average molecular weight is 520 g/mol. The van der Waals surface area contributed by atoms with Crippen molar-refractivity contribution in [2.24, 2.45) is 4.99 Å². The largest absolute Gasteiger partial charge is 0.494 e. The Labute approximate surface area is 220 Å². The van der Waals surface area contributed by atoms with Crippen LogP contribution in [0.5, 0.6) is 17.2 Å². The lowest BCUT2D eigenvalue weighted by Gasteiger charge is -2.32. The Morgan fingerprint density at radius 3 is 2.43 bits per heavy atom. The topological polar surface area (TPSA) is 89.5 Å². The molecule has 3 aromatic rings. The lowest BCUT2D eigenvalue weighted by atomic mass is 10.1. The fourth-order valence-electron chi connectivity index (χ4n) is 3.80. The molecule has 8 nitrogen and oxygen atoms in total. The van der Waals surface area contributed by atoms with Gasteiger partial charge in [-0.1, -0.05) is 36.0 Å². The van der Waals surface area contributed by atoms with Crippen molar-refractivity contribution in [3.8, 4) is 17.2 Å². The third kappa shape index (κ3) is 6.62. The standard InChI is InChI=1S/C28H29N3O5S/c1-4-36-22-13-11-21(12-14-22)29-27(33)25-17-26(32)31(28(37-25)30-20-8-6-5-7-9-20)18-19-10-15-23(34-2)24(16-19)35-3/h5-16,25H,4,17-18H2,1-3H3,(H,29,33). The first kappa shape index (κ1) is 26.1. The quantitative estimate of drug-likeness (QED) is 0.415. The summed E-state index contributed by atoms with van der Waals surface area (Å²) < 4.78 is 16.2. The summed E-state index contributed by atoms with van der Waals surface area (Å²) >= 11 is 1.28. The van der Waals surface area contributed by atoms with E-state index in [0.29, 0.717) is 34.6 Å². The molecule has 1 aliphatic heterocycles. The average Bonchev–Trinajstić information content (AvgIpc) is 2.92. The molecule has 1 N–H and O–H groups in total. The number of carbonyl (C=O) groups excluding carboxylic acids is 2. The number of rotatable bonds is 9. The van der Waals surface area contributed by atoms with Crippen molar-refractivity contribution < 1.29 is 23.8 Å². The number of benzene rings is 3. The maximum Gasteiger partial charge on any atom is 0.238 e.